The quantitative estimate of drug-likeness (QED) is 0.609. The number of fused-ring (bicyclic) bond motifs is 1. The van der Waals surface area contributed by atoms with E-state index in [1.54, 1.807) is 0 Å². The zero-order valence-corrected chi connectivity index (χ0v) is 19.1. The fraction of sp³-hybridized carbons (Fsp3) is 0.520. The predicted octanol–water partition coefficient (Wildman–Crippen LogP) is 3.71. The second-order valence-corrected chi connectivity index (χ2v) is 8.71. The molecule has 2 aliphatic heterocycles. The fourth-order valence-electron chi connectivity index (χ4n) is 4.94. The number of hydrogen-bond acceptors (Lipinski definition) is 4. The molecule has 2 aromatic rings. The van der Waals surface area contributed by atoms with Gasteiger partial charge >= 0.3 is 0 Å². The van der Waals surface area contributed by atoms with Crippen molar-refractivity contribution in [1.29, 1.82) is 0 Å². The average Bonchev–Trinajstić information content (AvgIpc) is 3.19. The lowest BCUT2D eigenvalue weighted by Gasteiger charge is -2.36. The van der Waals surface area contributed by atoms with E-state index in [4.69, 9.17) is 0 Å². The Bertz CT molecular complexity index is 903. The molecule has 0 aliphatic carbocycles. The maximum atomic E-state index is 13.0. The summed E-state index contributed by atoms with van der Waals surface area (Å²) in [5, 5.41) is 0. The molecule has 0 saturated carbocycles. The summed E-state index contributed by atoms with van der Waals surface area (Å²) < 4.78 is 2.15. The summed E-state index contributed by atoms with van der Waals surface area (Å²) in [6.07, 6.45) is 2.97. The van der Waals surface area contributed by atoms with Crippen LogP contribution in [0.4, 0.5) is 5.69 Å². The molecule has 166 valence electrons. The Labute approximate surface area is 185 Å². The van der Waals surface area contributed by atoms with Gasteiger partial charge in [-0.25, -0.2) is 0 Å². The highest BCUT2D eigenvalue weighted by atomic mass is 16.2. The van der Waals surface area contributed by atoms with Gasteiger partial charge in [0, 0.05) is 56.3 Å². The molecule has 1 aromatic carbocycles. The molecule has 0 N–H and O–H groups in total. The molecule has 0 unspecified atom stereocenters. The Kier molecular flexibility index (Phi) is 6.46. The molecular formula is C25H34N4O2. The minimum Gasteiger partial charge on any atom is -0.369 e. The predicted molar refractivity (Wildman–Crippen MR) is 124 cm³/mol. The first-order valence-electron chi connectivity index (χ1n) is 11.6. The normalized spacial score (nSPS) is 17.0. The van der Waals surface area contributed by atoms with Crippen molar-refractivity contribution in [1.82, 2.24) is 14.4 Å². The average molecular weight is 423 g/mol. The van der Waals surface area contributed by atoms with E-state index in [-0.39, 0.29) is 11.8 Å². The van der Waals surface area contributed by atoms with Crippen LogP contribution in [0.2, 0.25) is 0 Å². The highest BCUT2D eigenvalue weighted by Gasteiger charge is 2.40. The number of anilines is 1. The molecule has 2 amide bonds. The van der Waals surface area contributed by atoms with E-state index in [9.17, 15) is 9.59 Å². The summed E-state index contributed by atoms with van der Waals surface area (Å²) in [6.45, 7) is 12.4. The van der Waals surface area contributed by atoms with Gasteiger partial charge in [-0.15, -0.1) is 0 Å². The summed E-state index contributed by atoms with van der Waals surface area (Å²) in [4.78, 5) is 32.4. The van der Waals surface area contributed by atoms with Crippen LogP contribution in [-0.4, -0.2) is 65.4 Å². The van der Waals surface area contributed by atoms with Gasteiger partial charge in [-0.2, -0.15) is 0 Å². The highest BCUT2D eigenvalue weighted by Crippen LogP contribution is 2.31. The number of imide groups is 1. The van der Waals surface area contributed by atoms with Gasteiger partial charge in [-0.1, -0.05) is 31.5 Å². The molecule has 0 atom stereocenters. The van der Waals surface area contributed by atoms with Gasteiger partial charge in [0.05, 0.1) is 11.1 Å². The van der Waals surface area contributed by atoms with Crippen LogP contribution in [0, 0.1) is 13.8 Å². The Hall–Kier alpha value is -2.60. The van der Waals surface area contributed by atoms with E-state index in [2.05, 4.69) is 45.6 Å². The fourth-order valence-corrected chi connectivity index (χ4v) is 4.94. The summed E-state index contributed by atoms with van der Waals surface area (Å²) in [5.74, 6) is -0.213. The van der Waals surface area contributed by atoms with E-state index >= 15 is 0 Å². The van der Waals surface area contributed by atoms with Crippen LogP contribution >= 0.6 is 0 Å². The first-order chi connectivity index (χ1) is 15.0. The number of benzene rings is 1. The summed E-state index contributed by atoms with van der Waals surface area (Å²) in [6, 6.07) is 10.5. The van der Waals surface area contributed by atoms with Crippen molar-refractivity contribution >= 4 is 17.5 Å². The SMILES string of the molecule is CCCCn1c(C)c2c(c1C)C(=O)N(CCCN1CCN(c3ccccc3)CC1)C2=O. The molecule has 1 saturated heterocycles. The van der Waals surface area contributed by atoms with Crippen LogP contribution in [0.3, 0.4) is 0 Å². The van der Waals surface area contributed by atoms with E-state index in [0.717, 1.165) is 69.9 Å². The van der Waals surface area contributed by atoms with Gasteiger partial charge in [-0.3, -0.25) is 19.4 Å². The first-order valence-corrected chi connectivity index (χ1v) is 11.6. The molecular weight excluding hydrogens is 388 g/mol. The third-order valence-corrected chi connectivity index (χ3v) is 6.79. The Balaban J connectivity index is 1.30. The summed E-state index contributed by atoms with van der Waals surface area (Å²) in [5.41, 5.74) is 4.44. The molecule has 31 heavy (non-hydrogen) atoms. The van der Waals surface area contributed by atoms with Gasteiger partial charge in [0.25, 0.3) is 11.8 Å². The zero-order chi connectivity index (χ0) is 22.0. The number of para-hydroxylation sites is 1. The lowest BCUT2D eigenvalue weighted by atomic mass is 10.1. The number of piperazine rings is 1. The molecule has 6 nitrogen and oxygen atoms in total. The number of nitrogens with zero attached hydrogens (tertiary/aromatic N) is 4. The maximum Gasteiger partial charge on any atom is 0.263 e. The van der Waals surface area contributed by atoms with Crippen LogP contribution in [0.25, 0.3) is 0 Å². The van der Waals surface area contributed by atoms with Crippen molar-refractivity contribution in [3.05, 3.63) is 52.8 Å². The monoisotopic (exact) mass is 422 g/mol. The molecule has 0 bridgehead atoms. The van der Waals surface area contributed by atoms with Gasteiger partial charge in [0.1, 0.15) is 0 Å². The van der Waals surface area contributed by atoms with Crippen LogP contribution in [0.5, 0.6) is 0 Å². The summed E-state index contributed by atoms with van der Waals surface area (Å²) >= 11 is 0. The van der Waals surface area contributed by atoms with Crippen molar-refractivity contribution in [2.75, 3.05) is 44.2 Å². The van der Waals surface area contributed by atoms with Crippen molar-refractivity contribution in [2.45, 2.75) is 46.6 Å². The van der Waals surface area contributed by atoms with E-state index in [1.807, 2.05) is 19.9 Å². The standard InChI is InChI=1S/C25H34N4O2/c1-4-5-13-28-19(2)22-23(20(28)3)25(31)29(24(22)30)14-9-12-26-15-17-27(18-16-26)21-10-7-6-8-11-21/h6-8,10-11H,4-5,9,12-18H2,1-3H3. The second-order valence-electron chi connectivity index (χ2n) is 8.71. The molecule has 6 heteroatoms. The Morgan fingerprint density at radius 2 is 1.39 bits per heavy atom. The minimum atomic E-state index is -0.107. The number of carbonyl (C=O) groups is 2. The molecule has 0 radical (unpaired) electrons. The van der Waals surface area contributed by atoms with Gasteiger partial charge in [0.15, 0.2) is 0 Å². The summed E-state index contributed by atoms with van der Waals surface area (Å²) in [7, 11) is 0. The third kappa shape index (κ3) is 4.13. The van der Waals surface area contributed by atoms with Gasteiger partial charge < -0.3 is 9.47 Å². The van der Waals surface area contributed by atoms with Gasteiger partial charge in [0.2, 0.25) is 0 Å². The maximum absolute atomic E-state index is 13.0. The molecule has 1 fully saturated rings. The number of aromatic nitrogens is 1. The molecule has 1 aromatic heterocycles. The molecule has 4 rings (SSSR count). The van der Waals surface area contributed by atoms with E-state index in [1.165, 1.54) is 10.6 Å². The van der Waals surface area contributed by atoms with Crippen LogP contribution in [-0.2, 0) is 6.54 Å². The van der Waals surface area contributed by atoms with Crippen molar-refractivity contribution in [2.24, 2.45) is 0 Å². The van der Waals surface area contributed by atoms with Crippen molar-refractivity contribution < 1.29 is 9.59 Å². The first kappa shape index (κ1) is 21.6. The van der Waals surface area contributed by atoms with Crippen LogP contribution < -0.4 is 4.90 Å². The highest BCUT2D eigenvalue weighted by molar-refractivity contribution is 6.22. The largest absolute Gasteiger partial charge is 0.369 e. The van der Waals surface area contributed by atoms with E-state index in [0.29, 0.717) is 17.7 Å². The smallest absolute Gasteiger partial charge is 0.263 e. The zero-order valence-electron chi connectivity index (χ0n) is 19.1. The lowest BCUT2D eigenvalue weighted by molar-refractivity contribution is 0.0644. The minimum absolute atomic E-state index is 0.107. The van der Waals surface area contributed by atoms with Gasteiger partial charge in [-0.05, 0) is 45.4 Å². The lowest BCUT2D eigenvalue weighted by Crippen LogP contribution is -2.47. The third-order valence-electron chi connectivity index (χ3n) is 6.79. The van der Waals surface area contributed by atoms with Crippen molar-refractivity contribution in [3.8, 4) is 0 Å². The molecule has 0 spiro atoms. The number of unbranched alkanes of at least 4 members (excludes halogenated alkanes) is 1. The number of amides is 2. The molecule has 3 heterocycles. The Morgan fingerprint density at radius 1 is 0.774 bits per heavy atom. The number of carbonyl (C=O) groups excluding carboxylic acids is 2. The topological polar surface area (TPSA) is 48.8 Å². The van der Waals surface area contributed by atoms with Crippen LogP contribution in [0.15, 0.2) is 30.3 Å². The Morgan fingerprint density at radius 3 is 1.97 bits per heavy atom. The van der Waals surface area contributed by atoms with E-state index < -0.39 is 0 Å². The van der Waals surface area contributed by atoms with Crippen LogP contribution in [0.1, 0.15) is 58.3 Å². The van der Waals surface area contributed by atoms with Crippen molar-refractivity contribution in [3.63, 3.8) is 0 Å². The molecule has 2 aliphatic rings. The second kappa shape index (κ2) is 9.27. The number of hydrogen-bond donors (Lipinski definition) is 0. The number of rotatable bonds is 8.